The van der Waals surface area contributed by atoms with Crippen molar-refractivity contribution >= 4 is 34.0 Å². The highest BCUT2D eigenvalue weighted by Gasteiger charge is 2.33. The molecule has 0 spiro atoms. The van der Waals surface area contributed by atoms with Gasteiger partial charge >= 0.3 is 0 Å². The van der Waals surface area contributed by atoms with Gasteiger partial charge in [0.2, 0.25) is 0 Å². The molecule has 0 saturated carbocycles. The number of hydrogen-bond acceptors (Lipinski definition) is 5. The quantitative estimate of drug-likeness (QED) is 0.602. The van der Waals surface area contributed by atoms with Crippen molar-refractivity contribution in [2.45, 2.75) is 38.5 Å². The van der Waals surface area contributed by atoms with Crippen LogP contribution >= 0.6 is 34.0 Å². The first-order chi connectivity index (χ1) is 10.7. The van der Waals surface area contributed by atoms with Crippen LogP contribution in [0.25, 0.3) is 0 Å². The molecule has 0 unspecified atom stereocenters. The van der Waals surface area contributed by atoms with Gasteiger partial charge in [0.25, 0.3) is 0 Å². The third kappa shape index (κ3) is 2.71. The molecule has 3 rings (SSSR count). The summed E-state index contributed by atoms with van der Waals surface area (Å²) < 4.78 is 0. The van der Waals surface area contributed by atoms with Crippen LogP contribution in [-0.4, -0.2) is 10.2 Å². The first kappa shape index (κ1) is 16.6. The van der Waals surface area contributed by atoms with Gasteiger partial charge in [-0.25, -0.2) is 0 Å². The van der Waals surface area contributed by atoms with Crippen LogP contribution in [0.5, 0.6) is 11.5 Å². The second-order valence-electron chi connectivity index (χ2n) is 6.68. The Kier molecular flexibility index (Phi) is 4.07. The number of thiophene rings is 3. The van der Waals surface area contributed by atoms with E-state index in [2.05, 4.69) is 39.8 Å². The smallest absolute Gasteiger partial charge is 0.130 e. The molecule has 0 radical (unpaired) electrons. The molecule has 0 saturated heterocycles. The van der Waals surface area contributed by atoms with Crippen LogP contribution in [0, 0.1) is 0 Å². The zero-order valence-corrected chi connectivity index (χ0v) is 16.0. The lowest BCUT2D eigenvalue weighted by molar-refractivity contribution is 0.459. The van der Waals surface area contributed by atoms with E-state index in [1.165, 1.54) is 9.75 Å². The number of hydrogen-bond donors (Lipinski definition) is 2. The lowest BCUT2D eigenvalue weighted by atomic mass is 9.87. The predicted octanol–water partition coefficient (Wildman–Crippen LogP) is 5.93. The fourth-order valence-electron chi connectivity index (χ4n) is 2.77. The fraction of sp³-hybridized carbons (Fsp3) is 0.333. The molecule has 23 heavy (non-hydrogen) atoms. The van der Waals surface area contributed by atoms with Gasteiger partial charge in [0, 0.05) is 20.6 Å². The zero-order valence-electron chi connectivity index (χ0n) is 13.6. The largest absolute Gasteiger partial charge is 0.507 e. The van der Waals surface area contributed by atoms with Crippen molar-refractivity contribution in [3.8, 4) is 11.5 Å². The summed E-state index contributed by atoms with van der Waals surface area (Å²) in [7, 11) is 0. The Balaban J connectivity index is 2.01. The minimum absolute atomic E-state index is 0.227. The van der Waals surface area contributed by atoms with Gasteiger partial charge in [0.15, 0.2) is 0 Å². The lowest BCUT2D eigenvalue weighted by Crippen LogP contribution is -2.17. The van der Waals surface area contributed by atoms with Gasteiger partial charge in [-0.05, 0) is 62.7 Å². The van der Waals surface area contributed by atoms with Crippen molar-refractivity contribution in [2.24, 2.45) is 0 Å². The molecule has 3 aromatic heterocycles. The summed E-state index contributed by atoms with van der Waals surface area (Å²) >= 11 is 4.93. The molecule has 0 amide bonds. The highest BCUT2D eigenvalue weighted by Crippen LogP contribution is 2.47. The lowest BCUT2D eigenvalue weighted by Gasteiger charge is -2.24. The maximum absolute atomic E-state index is 10.1. The summed E-state index contributed by atoms with van der Waals surface area (Å²) in [5, 5.41) is 24.0. The highest BCUT2D eigenvalue weighted by molar-refractivity contribution is 7.14. The molecule has 0 atom stereocenters. The number of aromatic hydroxyl groups is 2. The maximum atomic E-state index is 10.1. The Bertz CT molecular complexity index is 754. The van der Waals surface area contributed by atoms with E-state index < -0.39 is 0 Å². The molecular weight excluding hydrogens is 344 g/mol. The SMILES string of the molecule is CC(C)(c1ccc(C(C)(C)c2sccc2O)s1)c1sccc1O. The first-order valence-corrected chi connectivity index (χ1v) is 9.97. The molecule has 5 heteroatoms. The van der Waals surface area contributed by atoms with E-state index >= 15 is 0 Å². The molecule has 3 heterocycles. The molecule has 0 aliphatic heterocycles. The molecule has 0 aromatic carbocycles. The molecule has 2 N–H and O–H groups in total. The third-order valence-electron chi connectivity index (χ3n) is 4.26. The van der Waals surface area contributed by atoms with Crippen LogP contribution in [0.4, 0.5) is 0 Å². The zero-order chi connectivity index (χ0) is 16.8. The average molecular weight is 365 g/mol. The van der Waals surface area contributed by atoms with Crippen molar-refractivity contribution in [2.75, 3.05) is 0 Å². The predicted molar refractivity (Wildman–Crippen MR) is 101 cm³/mol. The van der Waals surface area contributed by atoms with Crippen LogP contribution in [0.15, 0.2) is 35.0 Å². The van der Waals surface area contributed by atoms with Crippen molar-refractivity contribution in [1.82, 2.24) is 0 Å². The van der Waals surface area contributed by atoms with Gasteiger partial charge in [-0.15, -0.1) is 34.0 Å². The normalized spacial score (nSPS) is 12.7. The Morgan fingerprint density at radius 2 is 1.09 bits per heavy atom. The molecule has 0 aliphatic rings. The van der Waals surface area contributed by atoms with Gasteiger partial charge in [0.1, 0.15) is 11.5 Å². The summed E-state index contributed by atoms with van der Waals surface area (Å²) in [6, 6.07) is 7.80. The summed E-state index contributed by atoms with van der Waals surface area (Å²) in [5.74, 6) is 0.732. The van der Waals surface area contributed by atoms with Gasteiger partial charge in [-0.3, -0.25) is 0 Å². The Hall–Kier alpha value is -1.30. The Morgan fingerprint density at radius 3 is 1.39 bits per heavy atom. The van der Waals surface area contributed by atoms with E-state index in [9.17, 15) is 10.2 Å². The molecule has 2 nitrogen and oxygen atoms in total. The second kappa shape index (κ2) is 5.65. The van der Waals surface area contributed by atoms with Crippen molar-refractivity contribution in [3.63, 3.8) is 0 Å². The van der Waals surface area contributed by atoms with Gasteiger partial charge in [-0.2, -0.15) is 0 Å². The van der Waals surface area contributed by atoms with Crippen molar-refractivity contribution < 1.29 is 10.2 Å². The molecule has 0 aliphatic carbocycles. The third-order valence-corrected chi connectivity index (χ3v) is 8.45. The number of rotatable bonds is 4. The van der Waals surface area contributed by atoms with E-state index in [-0.39, 0.29) is 10.8 Å². The van der Waals surface area contributed by atoms with Gasteiger partial charge in [-0.1, -0.05) is 0 Å². The van der Waals surface area contributed by atoms with E-state index in [1.807, 2.05) is 10.8 Å². The van der Waals surface area contributed by atoms with Crippen LogP contribution in [0.3, 0.4) is 0 Å². The van der Waals surface area contributed by atoms with Crippen molar-refractivity contribution in [3.05, 3.63) is 54.5 Å². The molecule has 0 fully saturated rings. The molecule has 0 bridgehead atoms. The average Bonchev–Trinajstić information content (AvgIpc) is 3.17. The van der Waals surface area contributed by atoms with Crippen LogP contribution in [-0.2, 0) is 10.8 Å². The van der Waals surface area contributed by atoms with Crippen LogP contribution in [0.1, 0.15) is 47.2 Å². The van der Waals surface area contributed by atoms with Gasteiger partial charge < -0.3 is 10.2 Å². The molecule has 3 aromatic rings. The topological polar surface area (TPSA) is 40.5 Å². The van der Waals surface area contributed by atoms with E-state index in [4.69, 9.17) is 0 Å². The maximum Gasteiger partial charge on any atom is 0.130 e. The monoisotopic (exact) mass is 364 g/mol. The summed E-state index contributed by atoms with van der Waals surface area (Å²) in [6.07, 6.45) is 0. The molecule has 122 valence electrons. The van der Waals surface area contributed by atoms with E-state index in [0.717, 1.165) is 9.75 Å². The summed E-state index contributed by atoms with van der Waals surface area (Å²) in [5.41, 5.74) is -0.455. The van der Waals surface area contributed by atoms with Crippen LogP contribution in [0.2, 0.25) is 0 Å². The van der Waals surface area contributed by atoms with E-state index in [1.54, 1.807) is 46.1 Å². The summed E-state index contributed by atoms with van der Waals surface area (Å²) in [6.45, 7) is 8.57. The Morgan fingerprint density at radius 1 is 0.696 bits per heavy atom. The minimum Gasteiger partial charge on any atom is -0.507 e. The summed E-state index contributed by atoms with van der Waals surface area (Å²) in [4.78, 5) is 4.41. The molecular formula is C18H20O2S3. The minimum atomic E-state index is -0.227. The van der Waals surface area contributed by atoms with Gasteiger partial charge in [0.05, 0.1) is 9.75 Å². The fourth-order valence-corrected chi connectivity index (χ4v) is 5.98. The van der Waals surface area contributed by atoms with Crippen molar-refractivity contribution in [1.29, 1.82) is 0 Å². The van der Waals surface area contributed by atoms with Crippen LogP contribution < -0.4 is 0 Å². The first-order valence-electron chi connectivity index (χ1n) is 7.39. The highest BCUT2D eigenvalue weighted by atomic mass is 32.1. The standard InChI is InChI=1S/C18H20O2S3/c1-17(2,15-11(19)7-9-21-15)13-5-6-14(23-13)18(3,4)16-12(20)8-10-22-16/h5-10,19-20H,1-4H3. The second-order valence-corrected chi connectivity index (χ2v) is 9.60. The van der Waals surface area contributed by atoms with E-state index in [0.29, 0.717) is 11.5 Å². The Labute approximate surface area is 148 Å².